The van der Waals surface area contributed by atoms with Crippen LogP contribution in [0.5, 0.6) is 5.75 Å². The maximum atomic E-state index is 13.7. The average molecular weight is 420 g/mol. The monoisotopic (exact) mass is 419 g/mol. The minimum absolute atomic E-state index is 0.0365. The highest BCUT2D eigenvalue weighted by Gasteiger charge is 2.17. The highest BCUT2D eigenvalue weighted by Crippen LogP contribution is 2.25. The Hall–Kier alpha value is -3.13. The predicted molar refractivity (Wildman–Crippen MR) is 103 cm³/mol. The fourth-order valence-corrected chi connectivity index (χ4v) is 2.92. The van der Waals surface area contributed by atoms with Gasteiger partial charge in [-0.3, -0.25) is 24.1 Å². The molecule has 3 heterocycles. The summed E-state index contributed by atoms with van der Waals surface area (Å²) in [5.41, 5.74) is 1.13. The van der Waals surface area contributed by atoms with E-state index in [1.807, 2.05) is 0 Å². The Balaban J connectivity index is 2.00. The zero-order chi connectivity index (χ0) is 21.3. The molecule has 3 aromatic rings. The zero-order valence-corrected chi connectivity index (χ0v) is 16.6. The second-order valence-electron chi connectivity index (χ2n) is 6.39. The summed E-state index contributed by atoms with van der Waals surface area (Å²) in [5.74, 6) is -1.87. The Bertz CT molecular complexity index is 1180. The molecule has 0 aliphatic heterocycles. The molecule has 0 aliphatic rings. The molecule has 0 fully saturated rings. The molecule has 3 aromatic heterocycles. The summed E-state index contributed by atoms with van der Waals surface area (Å²) in [4.78, 5) is 32.2. The molecule has 9 heteroatoms. The molecule has 0 bridgehead atoms. The Morgan fingerprint density at radius 3 is 2.55 bits per heavy atom. The molecule has 0 N–H and O–H groups in total. The van der Waals surface area contributed by atoms with E-state index in [1.54, 1.807) is 13.8 Å². The third-order valence-electron chi connectivity index (χ3n) is 4.22. The Morgan fingerprint density at radius 2 is 1.90 bits per heavy atom. The van der Waals surface area contributed by atoms with Crippen molar-refractivity contribution in [2.75, 3.05) is 0 Å². The van der Waals surface area contributed by atoms with E-state index in [9.17, 15) is 18.4 Å². The quantitative estimate of drug-likeness (QED) is 0.585. The topological polar surface area (TPSA) is 74.1 Å². The fourth-order valence-electron chi connectivity index (χ4n) is 2.73. The van der Waals surface area contributed by atoms with E-state index in [0.29, 0.717) is 23.0 Å². The first-order valence-electron chi connectivity index (χ1n) is 8.52. The van der Waals surface area contributed by atoms with E-state index >= 15 is 0 Å². The van der Waals surface area contributed by atoms with Gasteiger partial charge in [0.2, 0.25) is 0 Å². The Labute approximate surface area is 169 Å². The third-order valence-corrected chi connectivity index (χ3v) is 4.57. The number of aryl methyl sites for hydroxylation is 2. The number of ketones is 1. The molecule has 0 radical (unpaired) electrons. The van der Waals surface area contributed by atoms with Gasteiger partial charge in [-0.25, -0.2) is 8.78 Å². The van der Waals surface area contributed by atoms with E-state index in [0.717, 1.165) is 6.20 Å². The highest BCUT2D eigenvalue weighted by atomic mass is 35.5. The number of pyridine rings is 3. The number of ether oxygens (including phenoxy) is 1. The van der Waals surface area contributed by atoms with Crippen molar-refractivity contribution in [1.82, 2.24) is 14.5 Å². The van der Waals surface area contributed by atoms with Crippen LogP contribution >= 0.6 is 11.6 Å². The van der Waals surface area contributed by atoms with Crippen LogP contribution in [0.3, 0.4) is 0 Å². The van der Waals surface area contributed by atoms with Crippen LogP contribution in [-0.4, -0.2) is 20.3 Å². The van der Waals surface area contributed by atoms with E-state index < -0.39 is 17.2 Å². The van der Waals surface area contributed by atoms with Gasteiger partial charge in [-0.1, -0.05) is 11.6 Å². The van der Waals surface area contributed by atoms with Crippen LogP contribution in [0.2, 0.25) is 5.02 Å². The molecule has 0 aliphatic carbocycles. The molecule has 29 heavy (non-hydrogen) atoms. The zero-order valence-electron chi connectivity index (χ0n) is 15.8. The van der Waals surface area contributed by atoms with E-state index in [-0.39, 0.29) is 34.6 Å². The largest absolute Gasteiger partial charge is 0.485 e. The van der Waals surface area contributed by atoms with Gasteiger partial charge in [-0.15, -0.1) is 0 Å². The van der Waals surface area contributed by atoms with Crippen LogP contribution in [-0.2, 0) is 6.61 Å². The van der Waals surface area contributed by atoms with Crippen molar-refractivity contribution in [3.8, 4) is 11.4 Å². The van der Waals surface area contributed by atoms with Gasteiger partial charge < -0.3 is 4.74 Å². The van der Waals surface area contributed by atoms with Crippen LogP contribution < -0.4 is 10.3 Å². The van der Waals surface area contributed by atoms with Crippen LogP contribution in [0.25, 0.3) is 5.69 Å². The van der Waals surface area contributed by atoms with Crippen molar-refractivity contribution in [3.05, 3.63) is 80.2 Å². The summed E-state index contributed by atoms with van der Waals surface area (Å²) in [6.45, 7) is 4.45. The van der Waals surface area contributed by atoms with Gasteiger partial charge in [0, 0.05) is 30.9 Å². The summed E-state index contributed by atoms with van der Waals surface area (Å²) in [6, 6.07) is 3.72. The third kappa shape index (κ3) is 4.17. The van der Waals surface area contributed by atoms with Crippen LogP contribution in [0.4, 0.5) is 8.78 Å². The van der Waals surface area contributed by atoms with Gasteiger partial charge in [0.25, 0.3) is 5.56 Å². The van der Waals surface area contributed by atoms with Gasteiger partial charge in [0.05, 0.1) is 11.9 Å². The number of hydrogen-bond donors (Lipinski definition) is 0. The lowest BCUT2D eigenvalue weighted by molar-refractivity contribution is 0.101. The van der Waals surface area contributed by atoms with Crippen molar-refractivity contribution in [2.45, 2.75) is 27.4 Å². The van der Waals surface area contributed by atoms with Gasteiger partial charge in [0.1, 0.15) is 34.6 Å². The summed E-state index contributed by atoms with van der Waals surface area (Å²) in [5, 5.41) is -0.223. The second-order valence-corrected chi connectivity index (χ2v) is 6.77. The first-order chi connectivity index (χ1) is 13.7. The lowest BCUT2D eigenvalue weighted by Gasteiger charge is -2.16. The standard InChI is InChI=1S/C20H16ClF2N3O3/c1-10-7-24-15(12(3)27)6-17(10)26-11(2)4-18(19(21)20(26)28)29-9-16-14(23)5-13(22)8-25-16/h4-8H,9H2,1-3H3. The van der Waals surface area contributed by atoms with E-state index in [2.05, 4.69) is 9.97 Å². The summed E-state index contributed by atoms with van der Waals surface area (Å²) < 4.78 is 33.5. The molecule has 3 rings (SSSR count). The first-order valence-corrected chi connectivity index (χ1v) is 8.89. The minimum atomic E-state index is -0.865. The predicted octanol–water partition coefficient (Wildman–Crippen LogP) is 3.96. The molecule has 0 amide bonds. The molecular formula is C20H16ClF2N3O3. The number of hydrogen-bond acceptors (Lipinski definition) is 5. The maximum absolute atomic E-state index is 13.7. The molecular weight excluding hydrogens is 404 g/mol. The fraction of sp³-hybridized carbons (Fsp3) is 0.200. The summed E-state index contributed by atoms with van der Waals surface area (Å²) in [7, 11) is 0. The summed E-state index contributed by atoms with van der Waals surface area (Å²) >= 11 is 6.19. The molecule has 0 aromatic carbocycles. The molecule has 0 atom stereocenters. The normalized spacial score (nSPS) is 10.8. The Kier molecular flexibility index (Phi) is 5.74. The van der Waals surface area contributed by atoms with Crippen LogP contribution in [0.15, 0.2) is 35.4 Å². The number of rotatable bonds is 5. The number of Topliss-reactive ketones (excluding diaryl/α,β-unsaturated/α-hetero) is 1. The lowest BCUT2D eigenvalue weighted by Crippen LogP contribution is -2.23. The maximum Gasteiger partial charge on any atom is 0.277 e. The Morgan fingerprint density at radius 1 is 1.17 bits per heavy atom. The number of carbonyl (C=O) groups excluding carboxylic acids is 1. The van der Waals surface area contributed by atoms with Crippen molar-refractivity contribution in [3.63, 3.8) is 0 Å². The summed E-state index contributed by atoms with van der Waals surface area (Å²) in [6.07, 6.45) is 2.37. The van der Waals surface area contributed by atoms with Crippen molar-refractivity contribution in [1.29, 1.82) is 0 Å². The van der Waals surface area contributed by atoms with Gasteiger partial charge in [0.15, 0.2) is 11.6 Å². The molecule has 0 saturated carbocycles. The lowest BCUT2D eigenvalue weighted by atomic mass is 10.1. The van der Waals surface area contributed by atoms with Crippen molar-refractivity contribution < 1.29 is 18.3 Å². The minimum Gasteiger partial charge on any atom is -0.485 e. The molecule has 0 saturated heterocycles. The van der Waals surface area contributed by atoms with Crippen molar-refractivity contribution >= 4 is 17.4 Å². The SMILES string of the molecule is CC(=O)c1cc(-n2c(C)cc(OCc3ncc(F)cc3F)c(Cl)c2=O)c(C)cn1. The smallest absolute Gasteiger partial charge is 0.277 e. The molecule has 6 nitrogen and oxygen atoms in total. The van der Waals surface area contributed by atoms with E-state index in [1.165, 1.54) is 29.8 Å². The van der Waals surface area contributed by atoms with Crippen molar-refractivity contribution in [2.24, 2.45) is 0 Å². The van der Waals surface area contributed by atoms with Crippen LogP contribution in [0, 0.1) is 25.5 Å². The average Bonchev–Trinajstić information content (AvgIpc) is 2.66. The van der Waals surface area contributed by atoms with E-state index in [4.69, 9.17) is 16.3 Å². The second kappa shape index (κ2) is 8.08. The first kappa shape index (κ1) is 20.6. The van der Waals surface area contributed by atoms with Gasteiger partial charge >= 0.3 is 0 Å². The molecule has 0 unspecified atom stereocenters. The molecule has 150 valence electrons. The number of halogens is 3. The highest BCUT2D eigenvalue weighted by molar-refractivity contribution is 6.31. The number of aromatic nitrogens is 3. The number of carbonyl (C=O) groups is 1. The van der Waals surface area contributed by atoms with Crippen LogP contribution in [0.1, 0.15) is 34.4 Å². The van der Waals surface area contributed by atoms with Gasteiger partial charge in [-0.05, 0) is 25.5 Å². The van der Waals surface area contributed by atoms with Gasteiger partial charge in [-0.2, -0.15) is 0 Å². The number of nitrogens with zero attached hydrogens (tertiary/aromatic N) is 3. The molecule has 0 spiro atoms.